The summed E-state index contributed by atoms with van der Waals surface area (Å²) >= 11 is 0. The number of fused-ring (bicyclic) bond motifs is 1. The zero-order valence-electron chi connectivity index (χ0n) is 48.5. The number of hydrogen-bond acceptors (Lipinski definition) is 5. The lowest BCUT2D eigenvalue weighted by molar-refractivity contribution is -0.141. The molecule has 12 heteroatoms. The van der Waals surface area contributed by atoms with Crippen molar-refractivity contribution in [3.63, 3.8) is 0 Å². The third kappa shape index (κ3) is 6.05. The highest BCUT2D eigenvalue weighted by molar-refractivity contribution is 7.97. The SMILES string of the molecule is CC[S+](C(C)C)C(CCCC(=O)OC)c1ccccc1.COC(=O)CCCC1(c2ccccc2)C2c3cc4c5c6c(cc7c8c9c(cc%10cc%11c%12c%13c(cc%14c%15c(c%16c3c5c3c%16c(c%15%13)c5c%12c%10c9c5c3c68)C21C%14)C%11)C7)C4.F[B-](F)(F)F.[2H]OC[B]. The van der Waals surface area contributed by atoms with Crippen LogP contribution in [0.2, 0.25) is 0 Å². The molecule has 6 aliphatic rings. The monoisotopic (exact) mass is 1130 g/mol. The number of esters is 2. The number of carbonyl (C=O) groups is 2. The van der Waals surface area contributed by atoms with Crippen LogP contribution >= 0.6 is 0 Å². The quantitative estimate of drug-likeness (QED) is 0.0293. The highest BCUT2D eigenvalue weighted by Gasteiger charge is 2.80. The van der Waals surface area contributed by atoms with Crippen molar-refractivity contribution in [2.24, 2.45) is 0 Å². The predicted octanol–water partition coefficient (Wildman–Crippen LogP) is 16.9. The zero-order valence-corrected chi connectivity index (χ0v) is 48.3. The largest absolute Gasteiger partial charge is 0.673 e. The second-order valence-electron chi connectivity index (χ2n) is 25.3. The standard InChI is InChI=1S/C54H28O2.C17H27O2S.CH3BO.BF4/c1-56-29(55)8-5-9-53(27-6-3-2-4-7-27)52-28-17-25-15-22-11-19-10-20-12-23-13-21-14-24-16-26-18-54(52,53)51-37(26)42-34(24)32(21)41-36(23)40-31(20)30(19)39-33(22)35(25)43-38(28)50(51)49-47(42)46(41)45(40)44(39)48(43)49;1-5-20(14(2)3)16(12-9-13-17(18)19-4)15-10-7-6-8-11-15;2-1-3;2-1(3,4)5/h2-4,6-7,11-13,16-17,52H,5,8-10,14-15,18H2,1H3;6-8,10-11,14,16H,5,9,12-13H2,1-4H3;3H,1H2;/q;+1;;-1/i;;3D;. The summed E-state index contributed by atoms with van der Waals surface area (Å²) < 4.78 is 54.8. The van der Waals surface area contributed by atoms with Crippen molar-refractivity contribution in [2.75, 3.05) is 26.5 Å². The van der Waals surface area contributed by atoms with Gasteiger partial charge < -0.3 is 31.8 Å². The maximum Gasteiger partial charge on any atom is 0.673 e. The number of aliphatic hydroxyl groups excluding tert-OH is 1. The first-order valence-electron chi connectivity index (χ1n) is 30.4. The molecule has 0 heterocycles. The van der Waals surface area contributed by atoms with Gasteiger partial charge in [0.1, 0.15) is 24.1 Å². The van der Waals surface area contributed by atoms with E-state index in [0.717, 1.165) is 51.4 Å². The third-order valence-corrected chi connectivity index (χ3v) is 24.7. The van der Waals surface area contributed by atoms with Gasteiger partial charge in [-0.25, -0.2) is 0 Å². The Morgan fingerprint density at radius 3 is 1.57 bits per heavy atom. The molecule has 1 saturated carbocycles. The van der Waals surface area contributed by atoms with Crippen LogP contribution in [-0.2, 0) is 66.5 Å². The minimum atomic E-state index is -6.00. The van der Waals surface area contributed by atoms with Gasteiger partial charge in [-0.3, -0.25) is 9.59 Å². The number of benzene rings is 12. The van der Waals surface area contributed by atoms with Crippen LogP contribution in [0.25, 0.3) is 118 Å². The van der Waals surface area contributed by atoms with Gasteiger partial charge in [-0.15, -0.1) is 0 Å². The molecular weight excluding hydrogens is 1070 g/mol. The van der Waals surface area contributed by atoms with Crippen molar-refractivity contribution in [2.45, 2.75) is 112 Å². The molecule has 0 aromatic heterocycles. The molecule has 0 saturated heterocycles. The second-order valence-corrected chi connectivity index (χ2v) is 28.3. The van der Waals surface area contributed by atoms with Crippen LogP contribution in [0.3, 0.4) is 0 Å². The summed E-state index contributed by atoms with van der Waals surface area (Å²) in [5.41, 5.74) is 17.0. The normalized spacial score (nSPS) is 20.0. The molecule has 0 amide bonds. The number of halogens is 4. The van der Waals surface area contributed by atoms with E-state index < -0.39 is 7.25 Å². The summed E-state index contributed by atoms with van der Waals surface area (Å²) in [5, 5.41) is 39.8. The summed E-state index contributed by atoms with van der Waals surface area (Å²) in [6.07, 6.45) is 9.00. The van der Waals surface area contributed by atoms with Crippen molar-refractivity contribution in [1.82, 2.24) is 0 Å². The van der Waals surface area contributed by atoms with Crippen LogP contribution in [0.1, 0.15) is 132 Å². The molecular formula is C72H58B2F4O5S. The lowest BCUT2D eigenvalue weighted by atomic mass is 9.76. The molecule has 0 aliphatic heterocycles. The second kappa shape index (κ2) is 17.3. The first kappa shape index (κ1) is 50.2. The highest BCUT2D eigenvalue weighted by Crippen LogP contribution is 2.85. The van der Waals surface area contributed by atoms with Crippen LogP contribution in [0, 0.1) is 0 Å². The summed E-state index contributed by atoms with van der Waals surface area (Å²) in [6.45, 7) is 6.88. The predicted molar refractivity (Wildman–Crippen MR) is 339 cm³/mol. The Bertz CT molecular complexity index is 5100. The molecule has 20 rings (SSSR count). The van der Waals surface area contributed by atoms with Crippen LogP contribution in [0.15, 0.2) is 91.0 Å². The third-order valence-electron chi connectivity index (χ3n) is 21.6. The highest BCUT2D eigenvalue weighted by atomic mass is 32.2. The van der Waals surface area contributed by atoms with Crippen molar-refractivity contribution in [1.29, 1.82) is 1.43 Å². The van der Waals surface area contributed by atoms with Gasteiger partial charge in [0.15, 0.2) is 0 Å². The molecule has 2 radical (unpaired) electrons. The molecule has 14 aromatic rings. The summed E-state index contributed by atoms with van der Waals surface area (Å²) in [4.78, 5) is 24.1. The smallest absolute Gasteiger partial charge is 0.469 e. The lowest BCUT2D eigenvalue weighted by Crippen LogP contribution is -2.25. The van der Waals surface area contributed by atoms with E-state index in [1.165, 1.54) is 29.4 Å². The Morgan fingerprint density at radius 1 is 0.619 bits per heavy atom. The van der Waals surface area contributed by atoms with E-state index in [-0.39, 0.29) is 29.3 Å². The number of hydrogen-bond donors (Lipinski definition) is 1. The van der Waals surface area contributed by atoms with Gasteiger partial charge in [0, 0.05) is 41.7 Å². The molecule has 1 fully saturated rings. The minimum Gasteiger partial charge on any atom is -0.469 e. The molecule has 1 spiro atoms. The average molecular weight is 1130 g/mol. The van der Waals surface area contributed by atoms with E-state index in [9.17, 15) is 26.9 Å². The number of carbonyl (C=O) groups excluding carboxylic acids is 2. The van der Waals surface area contributed by atoms with E-state index in [0.29, 0.717) is 40.2 Å². The van der Waals surface area contributed by atoms with Crippen LogP contribution in [-0.4, -0.2) is 65.3 Å². The van der Waals surface area contributed by atoms with Gasteiger partial charge in [0.2, 0.25) is 1.43 Å². The van der Waals surface area contributed by atoms with Gasteiger partial charge in [0.05, 0.1) is 14.2 Å². The fourth-order valence-electron chi connectivity index (χ4n) is 19.6. The molecule has 5 atom stereocenters. The Labute approximate surface area is 487 Å². The van der Waals surface area contributed by atoms with E-state index >= 15 is 0 Å². The molecule has 1 N–H and O–H groups in total. The maximum absolute atomic E-state index is 12.8. The number of aliphatic hydroxyl groups is 1. The fraction of sp³-hybridized carbons (Fsp3) is 0.306. The molecule has 5 nitrogen and oxygen atoms in total. The fourth-order valence-corrected chi connectivity index (χ4v) is 22.3. The lowest BCUT2D eigenvalue weighted by Gasteiger charge is -2.26. The molecule has 6 aliphatic carbocycles. The van der Waals surface area contributed by atoms with E-state index in [2.05, 4.69) is 125 Å². The summed E-state index contributed by atoms with van der Waals surface area (Å²) in [7, 11) is 1.98. The molecule has 14 aromatic carbocycles. The molecule has 5 unspecified atom stereocenters. The number of rotatable bonds is 14. The van der Waals surface area contributed by atoms with Crippen molar-refractivity contribution >= 4 is 156 Å². The number of ether oxygens (including phenoxy) is 2. The average Bonchev–Trinajstić information content (AvgIpc) is 1.42. The first-order valence-corrected chi connectivity index (χ1v) is 31.5. The van der Waals surface area contributed by atoms with Crippen molar-refractivity contribution in [3.05, 3.63) is 152 Å². The van der Waals surface area contributed by atoms with Crippen molar-refractivity contribution < 1.29 is 41.4 Å². The van der Waals surface area contributed by atoms with Gasteiger partial charge in [-0.05, 0) is 257 Å². The zero-order chi connectivity index (χ0) is 58.2. The van der Waals surface area contributed by atoms with Gasteiger partial charge in [-0.1, -0.05) is 91.0 Å². The van der Waals surface area contributed by atoms with Gasteiger partial charge >= 0.3 is 19.2 Å². The Hall–Kier alpha value is -7.14. The van der Waals surface area contributed by atoms with Crippen LogP contribution in [0.4, 0.5) is 17.3 Å². The Morgan fingerprint density at radius 2 is 1.06 bits per heavy atom. The number of methoxy groups -OCH3 is 2. The van der Waals surface area contributed by atoms with E-state index in [4.69, 9.17) is 10.9 Å². The summed E-state index contributed by atoms with van der Waals surface area (Å²) in [6, 6.07) is 35.7. The minimum absolute atomic E-state index is 0.0139. The molecule has 416 valence electrons. The maximum atomic E-state index is 12.8. The summed E-state index contributed by atoms with van der Waals surface area (Å²) in [5.74, 6) is 1.38. The van der Waals surface area contributed by atoms with Gasteiger partial charge in [-0.2, -0.15) is 0 Å². The Kier molecular flexibility index (Phi) is 10.3. The van der Waals surface area contributed by atoms with E-state index in [1.54, 1.807) is 170 Å². The van der Waals surface area contributed by atoms with E-state index in [1.807, 2.05) is 0 Å². The van der Waals surface area contributed by atoms with Crippen LogP contribution in [0.5, 0.6) is 0 Å². The van der Waals surface area contributed by atoms with Crippen molar-refractivity contribution in [3.8, 4) is 0 Å². The molecule has 84 heavy (non-hydrogen) atoms. The van der Waals surface area contributed by atoms with Gasteiger partial charge in [0.25, 0.3) is 0 Å². The van der Waals surface area contributed by atoms with Crippen LogP contribution < -0.4 is 0 Å². The Balaban J connectivity index is 0.000000165. The molecule has 0 bridgehead atoms. The first-order chi connectivity index (χ1) is 41.1. The topological polar surface area (TPSA) is 72.8 Å².